The molecule has 0 saturated heterocycles. The van der Waals surface area contributed by atoms with Crippen molar-refractivity contribution >= 4 is 23.3 Å². The number of carbonyl (C=O) groups excluding carboxylic acids is 2. The van der Waals surface area contributed by atoms with Crippen LogP contribution in [-0.2, 0) is 21.7 Å². The molecule has 0 aliphatic carbocycles. The van der Waals surface area contributed by atoms with Crippen molar-refractivity contribution in [2.75, 3.05) is 0 Å². The zero-order valence-electron chi connectivity index (χ0n) is 3.95. The molecule has 0 aliphatic heterocycles. The minimum absolute atomic E-state index is 0. The van der Waals surface area contributed by atoms with Gasteiger partial charge in [-0.05, 0) is 23.3 Å². The van der Waals surface area contributed by atoms with Gasteiger partial charge in [0.15, 0.2) is 0 Å². The van der Waals surface area contributed by atoms with E-state index in [1.165, 1.54) is 0 Å². The number of hydrogen-bond acceptors (Lipinski definition) is 6. The Morgan fingerprint density at radius 2 is 0.800 bits per heavy atom. The van der Waals surface area contributed by atoms with Crippen molar-refractivity contribution in [2.24, 2.45) is 0 Å². The van der Waals surface area contributed by atoms with Gasteiger partial charge in [-0.2, -0.15) is 0 Å². The van der Waals surface area contributed by atoms with Crippen molar-refractivity contribution in [3.63, 3.8) is 0 Å². The van der Waals surface area contributed by atoms with Gasteiger partial charge in [0, 0.05) is 0 Å². The molecule has 0 aromatic heterocycles. The quantitative estimate of drug-likeness (QED) is 0.358. The summed E-state index contributed by atoms with van der Waals surface area (Å²) >= 11 is 0. The molecule has 0 heterocycles. The molecule has 0 radical (unpaired) electrons. The van der Waals surface area contributed by atoms with Crippen molar-refractivity contribution < 1.29 is 51.7 Å². The molecule has 0 unspecified atom stereocenters. The molecular formula is C2H4O6SiTi. The zero-order valence-corrected chi connectivity index (χ0v) is 5.51. The largest absolute Gasteiger partial charge is 4.00 e. The standard InChI is InChI=1S/2CH2O3.H4Si.Ti/c2*2-1(3)4;;/h2*(H2,2,3,4);1H4;/q;;;+4/p-4. The molecule has 0 aliphatic rings. The van der Waals surface area contributed by atoms with Gasteiger partial charge in [-0.25, -0.2) is 0 Å². The Labute approximate surface area is 75.4 Å². The summed E-state index contributed by atoms with van der Waals surface area (Å²) < 4.78 is 0. The maximum atomic E-state index is 8.33. The fraction of sp³-hybridized carbons (Fsp3) is 0. The first kappa shape index (κ1) is 22.7. The van der Waals surface area contributed by atoms with Gasteiger partial charge in [-0.3, -0.25) is 0 Å². The molecule has 10 heavy (non-hydrogen) atoms. The minimum atomic E-state index is -2.33. The first-order chi connectivity index (χ1) is 3.46. The molecule has 0 aromatic carbocycles. The fourth-order valence-electron chi connectivity index (χ4n) is 0. The first-order valence-corrected chi connectivity index (χ1v) is 1.22. The summed E-state index contributed by atoms with van der Waals surface area (Å²) in [6, 6.07) is 0. The molecule has 0 N–H and O–H groups in total. The van der Waals surface area contributed by atoms with Gasteiger partial charge in [0.2, 0.25) is 0 Å². The van der Waals surface area contributed by atoms with Gasteiger partial charge in [0.25, 0.3) is 0 Å². The van der Waals surface area contributed by atoms with Crippen LogP contribution in [0.25, 0.3) is 0 Å². The van der Waals surface area contributed by atoms with Crippen LogP contribution < -0.4 is 20.4 Å². The van der Waals surface area contributed by atoms with Gasteiger partial charge in [0.1, 0.15) is 0 Å². The summed E-state index contributed by atoms with van der Waals surface area (Å²) in [5.74, 6) is 0. The van der Waals surface area contributed by atoms with Crippen LogP contribution in [0.4, 0.5) is 9.59 Å². The third kappa shape index (κ3) is 1120. The monoisotopic (exact) mass is 200 g/mol. The predicted molar refractivity (Wildman–Crippen MR) is 22.1 cm³/mol. The van der Waals surface area contributed by atoms with Crippen LogP contribution in [0.15, 0.2) is 0 Å². The molecule has 8 heteroatoms. The first-order valence-electron chi connectivity index (χ1n) is 1.22. The van der Waals surface area contributed by atoms with Crippen LogP contribution >= 0.6 is 0 Å². The van der Waals surface area contributed by atoms with E-state index in [2.05, 4.69) is 0 Å². The van der Waals surface area contributed by atoms with E-state index in [0.717, 1.165) is 0 Å². The molecular weight excluding hydrogens is 196 g/mol. The Bertz CT molecular complexity index is 73.7. The Kier molecular flexibility index (Phi) is 35.9. The normalized spacial score (nSPS) is 4.80. The third-order valence-corrected chi connectivity index (χ3v) is 0. The van der Waals surface area contributed by atoms with Crippen LogP contribution in [-0.4, -0.2) is 23.3 Å². The molecule has 0 saturated carbocycles. The molecule has 0 fully saturated rings. The van der Waals surface area contributed by atoms with E-state index in [0.29, 0.717) is 0 Å². The summed E-state index contributed by atoms with van der Waals surface area (Å²) in [5, 5.41) is 33.3. The van der Waals surface area contributed by atoms with E-state index in [-0.39, 0.29) is 32.7 Å². The maximum absolute atomic E-state index is 8.33. The summed E-state index contributed by atoms with van der Waals surface area (Å²) in [5.41, 5.74) is 0. The Balaban J connectivity index is -0.0000000300. The molecule has 56 valence electrons. The average Bonchev–Trinajstić information content (AvgIpc) is 1.25. The van der Waals surface area contributed by atoms with Gasteiger partial charge in [0.05, 0.1) is 0 Å². The van der Waals surface area contributed by atoms with Crippen molar-refractivity contribution in [1.29, 1.82) is 0 Å². The summed E-state index contributed by atoms with van der Waals surface area (Å²) in [4.78, 5) is 16.7. The maximum Gasteiger partial charge on any atom is 4.00 e. The molecule has 0 bridgehead atoms. The van der Waals surface area contributed by atoms with Crippen LogP contribution in [0, 0.1) is 0 Å². The third-order valence-electron chi connectivity index (χ3n) is 0. The number of carboxylic acid groups (broad SMARTS) is 4. The Morgan fingerprint density at radius 3 is 0.800 bits per heavy atom. The molecule has 0 aromatic rings. The number of carbonyl (C=O) groups is 2. The second-order valence-corrected chi connectivity index (χ2v) is 0.500. The SMILES string of the molecule is O=C([O-])[O-].O=C([O-])[O-].[SiH4].[Ti+4]. The number of hydrogen-bond donors (Lipinski definition) is 0. The topological polar surface area (TPSA) is 126 Å². The Morgan fingerprint density at radius 1 is 0.800 bits per heavy atom. The van der Waals surface area contributed by atoms with E-state index >= 15 is 0 Å². The number of rotatable bonds is 0. The fourth-order valence-corrected chi connectivity index (χ4v) is 0. The van der Waals surface area contributed by atoms with Gasteiger partial charge in [-0.1, -0.05) is 0 Å². The molecule has 0 amide bonds. The second-order valence-electron chi connectivity index (χ2n) is 0.500. The van der Waals surface area contributed by atoms with Crippen LogP contribution in [0.3, 0.4) is 0 Å². The van der Waals surface area contributed by atoms with Crippen LogP contribution in [0.2, 0.25) is 0 Å². The molecule has 6 nitrogen and oxygen atoms in total. The predicted octanol–water partition coefficient (Wildman–Crippen LogP) is -6.35. The van der Waals surface area contributed by atoms with Crippen LogP contribution in [0.1, 0.15) is 0 Å². The summed E-state index contributed by atoms with van der Waals surface area (Å²) in [7, 11) is 0. The minimum Gasteiger partial charge on any atom is -0.652 e. The Hall–Kier alpha value is -0.529. The second kappa shape index (κ2) is 15.8. The van der Waals surface area contributed by atoms with Crippen molar-refractivity contribution in [3.05, 3.63) is 0 Å². The van der Waals surface area contributed by atoms with Crippen molar-refractivity contribution in [1.82, 2.24) is 0 Å². The van der Waals surface area contributed by atoms with E-state index in [1.807, 2.05) is 0 Å². The zero-order chi connectivity index (χ0) is 7.15. The average molecular weight is 200 g/mol. The van der Waals surface area contributed by atoms with Crippen molar-refractivity contribution in [2.45, 2.75) is 0 Å². The summed E-state index contributed by atoms with van der Waals surface area (Å²) in [6.45, 7) is 0. The molecule has 0 spiro atoms. The molecule has 0 rings (SSSR count). The van der Waals surface area contributed by atoms with Crippen molar-refractivity contribution in [3.8, 4) is 0 Å². The van der Waals surface area contributed by atoms with Crippen LogP contribution in [0.5, 0.6) is 0 Å². The van der Waals surface area contributed by atoms with E-state index in [1.54, 1.807) is 0 Å². The van der Waals surface area contributed by atoms with Gasteiger partial charge >= 0.3 is 21.7 Å². The van der Waals surface area contributed by atoms with Gasteiger partial charge < -0.3 is 30.0 Å². The molecule has 0 atom stereocenters. The summed E-state index contributed by atoms with van der Waals surface area (Å²) in [6.07, 6.45) is -4.67. The van der Waals surface area contributed by atoms with E-state index in [4.69, 9.17) is 30.0 Å². The van der Waals surface area contributed by atoms with E-state index in [9.17, 15) is 0 Å². The van der Waals surface area contributed by atoms with Gasteiger partial charge in [-0.15, -0.1) is 0 Å². The smallest absolute Gasteiger partial charge is 0.652 e. The van der Waals surface area contributed by atoms with E-state index < -0.39 is 12.3 Å².